The SMILES string of the molecule is Cc1ccc(S(=O)(=O)OC=C(C#N)c2ccco2)cc1. The molecule has 1 aromatic carbocycles. The monoisotopic (exact) mass is 289 g/mol. The fraction of sp³-hybridized carbons (Fsp3) is 0.0714. The van der Waals surface area contributed by atoms with Gasteiger partial charge in [-0.3, -0.25) is 0 Å². The number of aryl methyl sites for hydroxylation is 1. The number of nitrogens with zero attached hydrogens (tertiary/aromatic N) is 1. The van der Waals surface area contributed by atoms with Gasteiger partial charge in [0, 0.05) is 0 Å². The van der Waals surface area contributed by atoms with Crippen LogP contribution in [0.4, 0.5) is 0 Å². The standard InChI is InChI=1S/C14H11NO4S/c1-11-4-6-13(7-5-11)20(16,17)19-10-12(9-15)14-3-2-8-18-14/h2-8,10H,1H3. The fourth-order valence-electron chi connectivity index (χ4n) is 1.44. The maximum atomic E-state index is 11.9. The normalized spacial score (nSPS) is 11.9. The first-order valence-corrected chi connectivity index (χ1v) is 7.08. The van der Waals surface area contributed by atoms with Gasteiger partial charge in [0.05, 0.1) is 6.26 Å². The largest absolute Gasteiger partial charge is 0.463 e. The zero-order valence-corrected chi connectivity index (χ0v) is 11.4. The van der Waals surface area contributed by atoms with E-state index in [9.17, 15) is 8.42 Å². The van der Waals surface area contributed by atoms with E-state index in [0.717, 1.165) is 11.8 Å². The highest BCUT2D eigenvalue weighted by Crippen LogP contribution is 2.18. The van der Waals surface area contributed by atoms with Gasteiger partial charge in [-0.2, -0.15) is 13.7 Å². The van der Waals surface area contributed by atoms with Gasteiger partial charge in [0.15, 0.2) is 0 Å². The molecule has 0 N–H and O–H groups in total. The van der Waals surface area contributed by atoms with Gasteiger partial charge < -0.3 is 8.60 Å². The van der Waals surface area contributed by atoms with Crippen molar-refractivity contribution in [3.05, 3.63) is 60.2 Å². The molecule has 1 aromatic heterocycles. The molecule has 0 bridgehead atoms. The van der Waals surface area contributed by atoms with Crippen LogP contribution in [0.3, 0.4) is 0 Å². The lowest BCUT2D eigenvalue weighted by atomic mass is 10.2. The first-order chi connectivity index (χ1) is 9.53. The molecule has 0 fully saturated rings. The van der Waals surface area contributed by atoms with E-state index in [1.54, 1.807) is 18.2 Å². The molecule has 20 heavy (non-hydrogen) atoms. The molecular weight excluding hydrogens is 278 g/mol. The van der Waals surface area contributed by atoms with Gasteiger partial charge in [0.1, 0.15) is 28.6 Å². The van der Waals surface area contributed by atoms with E-state index in [-0.39, 0.29) is 16.2 Å². The van der Waals surface area contributed by atoms with Gasteiger partial charge in [0.25, 0.3) is 0 Å². The molecule has 6 heteroatoms. The highest BCUT2D eigenvalue weighted by molar-refractivity contribution is 7.86. The van der Waals surface area contributed by atoms with E-state index in [1.807, 2.05) is 13.0 Å². The van der Waals surface area contributed by atoms with Gasteiger partial charge >= 0.3 is 10.1 Å². The summed E-state index contributed by atoms with van der Waals surface area (Å²) >= 11 is 0. The van der Waals surface area contributed by atoms with Crippen LogP contribution in [0.5, 0.6) is 0 Å². The van der Waals surface area contributed by atoms with Crippen molar-refractivity contribution in [1.29, 1.82) is 5.26 Å². The average molecular weight is 289 g/mol. The molecule has 0 unspecified atom stereocenters. The van der Waals surface area contributed by atoms with E-state index in [2.05, 4.69) is 0 Å². The molecule has 5 nitrogen and oxygen atoms in total. The lowest BCUT2D eigenvalue weighted by molar-refractivity contribution is 0.443. The van der Waals surface area contributed by atoms with Crippen LogP contribution >= 0.6 is 0 Å². The van der Waals surface area contributed by atoms with Gasteiger partial charge in [0.2, 0.25) is 0 Å². The number of benzene rings is 1. The Balaban J connectivity index is 2.25. The Hall–Kier alpha value is -2.52. The third-order valence-corrected chi connectivity index (χ3v) is 3.71. The predicted molar refractivity (Wildman–Crippen MR) is 71.7 cm³/mol. The van der Waals surface area contributed by atoms with E-state index >= 15 is 0 Å². The average Bonchev–Trinajstić information content (AvgIpc) is 2.94. The molecule has 0 spiro atoms. The lowest BCUT2D eigenvalue weighted by Crippen LogP contribution is -2.02. The van der Waals surface area contributed by atoms with Gasteiger partial charge in [-0.05, 0) is 31.2 Å². The van der Waals surface area contributed by atoms with Crippen molar-refractivity contribution in [2.24, 2.45) is 0 Å². The molecule has 0 aliphatic rings. The maximum absolute atomic E-state index is 11.9. The molecule has 0 aliphatic carbocycles. The van der Waals surface area contributed by atoms with Crippen molar-refractivity contribution in [2.45, 2.75) is 11.8 Å². The highest BCUT2D eigenvalue weighted by atomic mass is 32.2. The van der Waals surface area contributed by atoms with Crippen molar-refractivity contribution in [2.75, 3.05) is 0 Å². The minimum absolute atomic E-state index is 0.00862. The Morgan fingerprint density at radius 2 is 2.00 bits per heavy atom. The summed E-state index contributed by atoms with van der Waals surface area (Å²) in [5.41, 5.74) is 0.929. The van der Waals surface area contributed by atoms with Crippen molar-refractivity contribution >= 4 is 15.7 Å². The summed E-state index contributed by atoms with van der Waals surface area (Å²) in [6, 6.07) is 11.2. The Morgan fingerprint density at radius 1 is 1.30 bits per heavy atom. The topological polar surface area (TPSA) is 80.3 Å². The summed E-state index contributed by atoms with van der Waals surface area (Å²) in [6.45, 7) is 1.85. The maximum Gasteiger partial charge on any atom is 0.338 e. The molecule has 0 atom stereocenters. The van der Waals surface area contributed by atoms with Crippen molar-refractivity contribution < 1.29 is 17.0 Å². The number of nitriles is 1. The number of hydrogen-bond donors (Lipinski definition) is 0. The fourth-order valence-corrected chi connectivity index (χ4v) is 2.25. The number of allylic oxidation sites excluding steroid dienone is 1. The van der Waals surface area contributed by atoms with Crippen LogP contribution in [0.15, 0.2) is 58.2 Å². The quantitative estimate of drug-likeness (QED) is 0.491. The van der Waals surface area contributed by atoms with Crippen molar-refractivity contribution in [3.8, 4) is 6.07 Å². The predicted octanol–water partition coefficient (Wildman–Crippen LogP) is 2.86. The first-order valence-electron chi connectivity index (χ1n) is 5.67. The summed E-state index contributed by atoms with van der Waals surface area (Å²) in [7, 11) is -3.94. The van der Waals surface area contributed by atoms with Crippen LogP contribution in [0.2, 0.25) is 0 Å². The van der Waals surface area contributed by atoms with Crippen LogP contribution in [0.1, 0.15) is 11.3 Å². The molecule has 2 aromatic rings. The number of furan rings is 1. The zero-order chi connectivity index (χ0) is 14.6. The van der Waals surface area contributed by atoms with E-state index in [4.69, 9.17) is 13.9 Å². The Bertz CT molecular complexity index is 751. The number of hydrogen-bond acceptors (Lipinski definition) is 5. The molecule has 0 amide bonds. The third kappa shape index (κ3) is 3.08. The van der Waals surface area contributed by atoms with Gasteiger partial charge in [-0.25, -0.2) is 0 Å². The lowest BCUT2D eigenvalue weighted by Gasteiger charge is -2.03. The number of rotatable bonds is 4. The second-order valence-corrected chi connectivity index (χ2v) is 5.56. The summed E-state index contributed by atoms with van der Waals surface area (Å²) in [4.78, 5) is 0.0242. The van der Waals surface area contributed by atoms with E-state index in [0.29, 0.717) is 0 Å². The summed E-state index contributed by atoms with van der Waals surface area (Å²) < 4.78 is 33.6. The highest BCUT2D eigenvalue weighted by Gasteiger charge is 2.15. The van der Waals surface area contributed by atoms with Gasteiger partial charge in [-0.15, -0.1) is 0 Å². The molecule has 0 saturated heterocycles. The summed E-state index contributed by atoms with van der Waals surface area (Å²) in [6.07, 6.45) is 2.25. The first kappa shape index (κ1) is 13.9. The summed E-state index contributed by atoms with van der Waals surface area (Å²) in [5, 5.41) is 8.95. The molecule has 0 radical (unpaired) electrons. The zero-order valence-electron chi connectivity index (χ0n) is 10.6. The molecule has 2 rings (SSSR count). The van der Waals surface area contributed by atoms with E-state index < -0.39 is 10.1 Å². The summed E-state index contributed by atoms with van der Waals surface area (Å²) in [5.74, 6) is 0.242. The second kappa shape index (κ2) is 5.63. The van der Waals surface area contributed by atoms with Gasteiger partial charge in [-0.1, -0.05) is 17.7 Å². The van der Waals surface area contributed by atoms with Crippen LogP contribution < -0.4 is 0 Å². The van der Waals surface area contributed by atoms with Crippen LogP contribution in [-0.4, -0.2) is 8.42 Å². The van der Waals surface area contributed by atoms with Crippen LogP contribution in [-0.2, 0) is 14.3 Å². The smallest absolute Gasteiger partial charge is 0.338 e. The molecule has 1 heterocycles. The molecule has 0 saturated carbocycles. The second-order valence-electron chi connectivity index (χ2n) is 3.98. The molecule has 0 aliphatic heterocycles. The van der Waals surface area contributed by atoms with Crippen molar-refractivity contribution in [1.82, 2.24) is 0 Å². The minimum atomic E-state index is -3.94. The Labute approximate surface area is 116 Å². The van der Waals surface area contributed by atoms with E-state index in [1.165, 1.54) is 24.5 Å². The third-order valence-electron chi connectivity index (χ3n) is 2.51. The van der Waals surface area contributed by atoms with Crippen LogP contribution in [0.25, 0.3) is 5.57 Å². The Kier molecular flexibility index (Phi) is 3.91. The Morgan fingerprint density at radius 3 is 2.55 bits per heavy atom. The molecular formula is C14H11NO4S. The van der Waals surface area contributed by atoms with Crippen LogP contribution in [0, 0.1) is 18.3 Å². The minimum Gasteiger partial charge on any atom is -0.463 e. The van der Waals surface area contributed by atoms with Crippen molar-refractivity contribution in [3.63, 3.8) is 0 Å². The molecule has 102 valence electrons.